The SMILES string of the molecule is CSc1ccccc1C(O)Cc1c(F)cccc1F. The molecule has 0 spiro atoms. The Kier molecular flexibility index (Phi) is 4.56. The molecule has 0 aliphatic rings. The zero-order chi connectivity index (χ0) is 13.8. The number of hydrogen-bond acceptors (Lipinski definition) is 2. The van der Waals surface area contributed by atoms with Crippen molar-refractivity contribution in [2.24, 2.45) is 0 Å². The maximum absolute atomic E-state index is 13.6. The Morgan fingerprint density at radius 1 is 1.05 bits per heavy atom. The molecule has 0 heterocycles. The fraction of sp³-hybridized carbons (Fsp3) is 0.200. The van der Waals surface area contributed by atoms with E-state index in [1.807, 2.05) is 18.4 Å². The van der Waals surface area contributed by atoms with Crippen molar-refractivity contribution in [1.82, 2.24) is 0 Å². The van der Waals surface area contributed by atoms with E-state index >= 15 is 0 Å². The van der Waals surface area contributed by atoms with E-state index in [9.17, 15) is 13.9 Å². The van der Waals surface area contributed by atoms with Crippen molar-refractivity contribution in [3.05, 3.63) is 65.2 Å². The minimum Gasteiger partial charge on any atom is -0.388 e. The summed E-state index contributed by atoms with van der Waals surface area (Å²) < 4.78 is 27.1. The van der Waals surface area contributed by atoms with Crippen LogP contribution in [0.5, 0.6) is 0 Å². The second-order valence-corrected chi connectivity index (χ2v) is 5.01. The summed E-state index contributed by atoms with van der Waals surface area (Å²) in [5.74, 6) is -1.25. The van der Waals surface area contributed by atoms with Crippen molar-refractivity contribution in [2.45, 2.75) is 17.4 Å². The standard InChI is InChI=1S/C15H14F2OS/c1-19-15-8-3-2-5-10(15)14(18)9-11-12(16)6-4-7-13(11)17/h2-8,14,18H,9H2,1H3. The normalized spacial score (nSPS) is 12.4. The Balaban J connectivity index is 2.28. The van der Waals surface area contributed by atoms with Gasteiger partial charge in [-0.25, -0.2) is 8.78 Å². The molecule has 2 aromatic carbocycles. The first kappa shape index (κ1) is 14.0. The Morgan fingerprint density at radius 3 is 2.32 bits per heavy atom. The maximum atomic E-state index is 13.6. The first-order valence-corrected chi connectivity index (χ1v) is 7.10. The third kappa shape index (κ3) is 3.14. The minimum atomic E-state index is -0.921. The van der Waals surface area contributed by atoms with Gasteiger partial charge in [0.15, 0.2) is 0 Å². The molecule has 0 radical (unpaired) electrons. The van der Waals surface area contributed by atoms with Gasteiger partial charge >= 0.3 is 0 Å². The number of aliphatic hydroxyl groups excluding tert-OH is 1. The van der Waals surface area contributed by atoms with E-state index in [2.05, 4.69) is 0 Å². The first-order valence-electron chi connectivity index (χ1n) is 5.87. The average molecular weight is 280 g/mol. The van der Waals surface area contributed by atoms with E-state index in [0.717, 1.165) is 4.90 Å². The highest BCUT2D eigenvalue weighted by Gasteiger charge is 2.17. The number of rotatable bonds is 4. The van der Waals surface area contributed by atoms with Gasteiger partial charge in [-0.15, -0.1) is 11.8 Å². The van der Waals surface area contributed by atoms with Crippen molar-refractivity contribution in [3.63, 3.8) is 0 Å². The number of halogens is 2. The molecule has 0 aliphatic carbocycles. The Hall–Kier alpha value is -1.39. The predicted octanol–water partition coefficient (Wildman–Crippen LogP) is 3.96. The number of aliphatic hydroxyl groups is 1. The van der Waals surface area contributed by atoms with Crippen LogP contribution in [0.15, 0.2) is 47.4 Å². The van der Waals surface area contributed by atoms with Crippen LogP contribution < -0.4 is 0 Å². The topological polar surface area (TPSA) is 20.2 Å². The summed E-state index contributed by atoms with van der Waals surface area (Å²) in [6, 6.07) is 11.0. The lowest BCUT2D eigenvalue weighted by Crippen LogP contribution is -2.06. The molecule has 2 rings (SSSR count). The van der Waals surface area contributed by atoms with Gasteiger partial charge in [0.1, 0.15) is 11.6 Å². The third-order valence-corrected chi connectivity index (χ3v) is 3.77. The Morgan fingerprint density at radius 2 is 1.68 bits per heavy atom. The van der Waals surface area contributed by atoms with Crippen LogP contribution in [0.4, 0.5) is 8.78 Å². The van der Waals surface area contributed by atoms with Crippen molar-refractivity contribution < 1.29 is 13.9 Å². The molecule has 0 bridgehead atoms. The van der Waals surface area contributed by atoms with E-state index in [0.29, 0.717) is 5.56 Å². The quantitative estimate of drug-likeness (QED) is 0.855. The summed E-state index contributed by atoms with van der Waals surface area (Å²) in [7, 11) is 0. The molecule has 2 aromatic rings. The lowest BCUT2D eigenvalue weighted by atomic mass is 10.0. The molecule has 0 saturated heterocycles. The van der Waals surface area contributed by atoms with Gasteiger partial charge in [-0.2, -0.15) is 0 Å². The van der Waals surface area contributed by atoms with Crippen LogP contribution in [0.25, 0.3) is 0 Å². The number of thioether (sulfide) groups is 1. The van der Waals surface area contributed by atoms with E-state index in [-0.39, 0.29) is 12.0 Å². The van der Waals surface area contributed by atoms with Crippen molar-refractivity contribution in [3.8, 4) is 0 Å². The van der Waals surface area contributed by atoms with Gasteiger partial charge in [0.2, 0.25) is 0 Å². The Labute approximate surface area is 115 Å². The molecule has 0 amide bonds. The molecule has 0 saturated carbocycles. The molecule has 0 aliphatic heterocycles. The van der Waals surface area contributed by atoms with Crippen LogP contribution in [0, 0.1) is 11.6 Å². The highest BCUT2D eigenvalue weighted by atomic mass is 32.2. The molecule has 0 aromatic heterocycles. The smallest absolute Gasteiger partial charge is 0.129 e. The predicted molar refractivity (Wildman–Crippen MR) is 73.2 cm³/mol. The molecule has 1 unspecified atom stereocenters. The summed E-state index contributed by atoms with van der Waals surface area (Å²) in [6.45, 7) is 0. The lowest BCUT2D eigenvalue weighted by molar-refractivity contribution is 0.173. The summed E-state index contributed by atoms with van der Waals surface area (Å²) in [5.41, 5.74) is 0.614. The second kappa shape index (κ2) is 6.17. The van der Waals surface area contributed by atoms with Crippen LogP contribution in [0.1, 0.15) is 17.2 Å². The number of benzene rings is 2. The van der Waals surface area contributed by atoms with E-state index < -0.39 is 17.7 Å². The average Bonchev–Trinajstić information content (AvgIpc) is 2.42. The summed E-state index contributed by atoms with van der Waals surface area (Å²) in [5, 5.41) is 10.2. The number of hydrogen-bond donors (Lipinski definition) is 1. The van der Waals surface area contributed by atoms with Gasteiger partial charge in [0.25, 0.3) is 0 Å². The molecular formula is C15H14F2OS. The zero-order valence-electron chi connectivity index (χ0n) is 10.4. The molecule has 1 atom stereocenters. The molecule has 1 N–H and O–H groups in total. The van der Waals surface area contributed by atoms with Crippen LogP contribution >= 0.6 is 11.8 Å². The molecule has 100 valence electrons. The maximum Gasteiger partial charge on any atom is 0.129 e. The van der Waals surface area contributed by atoms with Crippen molar-refractivity contribution in [1.29, 1.82) is 0 Å². The molecule has 1 nitrogen and oxygen atoms in total. The van der Waals surface area contributed by atoms with Gasteiger partial charge in [0.05, 0.1) is 6.10 Å². The largest absolute Gasteiger partial charge is 0.388 e. The van der Waals surface area contributed by atoms with E-state index in [1.165, 1.54) is 30.0 Å². The van der Waals surface area contributed by atoms with Crippen molar-refractivity contribution in [2.75, 3.05) is 6.26 Å². The van der Waals surface area contributed by atoms with Crippen LogP contribution in [0.2, 0.25) is 0 Å². The van der Waals surface area contributed by atoms with Gasteiger partial charge < -0.3 is 5.11 Å². The lowest BCUT2D eigenvalue weighted by Gasteiger charge is -2.15. The van der Waals surface area contributed by atoms with Gasteiger partial charge in [-0.05, 0) is 30.0 Å². The van der Waals surface area contributed by atoms with Gasteiger partial charge in [-0.3, -0.25) is 0 Å². The summed E-state index contributed by atoms with van der Waals surface area (Å²) in [4.78, 5) is 0.909. The van der Waals surface area contributed by atoms with Crippen LogP contribution in [0.3, 0.4) is 0 Å². The van der Waals surface area contributed by atoms with E-state index in [4.69, 9.17) is 0 Å². The minimum absolute atomic E-state index is 0.0733. The van der Waals surface area contributed by atoms with Gasteiger partial charge in [-0.1, -0.05) is 24.3 Å². The first-order chi connectivity index (χ1) is 9.13. The summed E-state index contributed by atoms with van der Waals surface area (Å²) >= 11 is 1.50. The monoisotopic (exact) mass is 280 g/mol. The molecular weight excluding hydrogens is 266 g/mol. The summed E-state index contributed by atoms with van der Waals surface area (Å²) in [6.07, 6.45) is 0.903. The molecule has 4 heteroatoms. The third-order valence-electron chi connectivity index (χ3n) is 2.96. The van der Waals surface area contributed by atoms with Crippen LogP contribution in [-0.2, 0) is 6.42 Å². The molecule has 0 fully saturated rings. The molecule has 19 heavy (non-hydrogen) atoms. The van der Waals surface area contributed by atoms with E-state index in [1.54, 1.807) is 12.1 Å². The van der Waals surface area contributed by atoms with Gasteiger partial charge in [0, 0.05) is 16.9 Å². The fourth-order valence-electron chi connectivity index (χ4n) is 1.97. The Bertz CT molecular complexity index is 552. The highest BCUT2D eigenvalue weighted by Crippen LogP contribution is 2.29. The second-order valence-electron chi connectivity index (χ2n) is 4.16. The van der Waals surface area contributed by atoms with Crippen LogP contribution in [-0.4, -0.2) is 11.4 Å². The zero-order valence-corrected chi connectivity index (χ0v) is 11.3. The highest BCUT2D eigenvalue weighted by molar-refractivity contribution is 7.98. The fourth-order valence-corrected chi connectivity index (χ4v) is 2.63. The van der Waals surface area contributed by atoms with Crippen molar-refractivity contribution >= 4 is 11.8 Å².